The van der Waals surface area contributed by atoms with Crippen molar-refractivity contribution in [1.29, 1.82) is 0 Å². The second kappa shape index (κ2) is 10.1. The summed E-state index contributed by atoms with van der Waals surface area (Å²) in [6.07, 6.45) is 4.44. The Labute approximate surface area is 155 Å². The lowest BCUT2D eigenvalue weighted by Crippen LogP contribution is -2.45. The molecular weight excluding hydrogens is 407 g/mol. The summed E-state index contributed by atoms with van der Waals surface area (Å²) in [5, 5.41) is 20.3. The number of halogens is 1. The van der Waals surface area contributed by atoms with Gasteiger partial charge in [0.05, 0.1) is 11.8 Å². The molecule has 0 aliphatic heterocycles. The van der Waals surface area contributed by atoms with E-state index in [0.717, 1.165) is 61.6 Å². The van der Waals surface area contributed by atoms with Crippen molar-refractivity contribution >= 4 is 29.9 Å². The summed E-state index contributed by atoms with van der Waals surface area (Å²) in [5.41, 5.74) is 2.10. The average molecular weight is 436 g/mol. The van der Waals surface area contributed by atoms with Crippen molar-refractivity contribution in [2.75, 3.05) is 13.1 Å². The lowest BCUT2D eigenvalue weighted by molar-refractivity contribution is 0.120. The van der Waals surface area contributed by atoms with Gasteiger partial charge < -0.3 is 20.3 Å². The van der Waals surface area contributed by atoms with Crippen molar-refractivity contribution in [1.82, 2.24) is 15.8 Å². The molecule has 0 spiro atoms. The predicted molar refractivity (Wildman–Crippen MR) is 102 cm³/mol. The Morgan fingerprint density at radius 3 is 2.57 bits per heavy atom. The van der Waals surface area contributed by atoms with Gasteiger partial charge in [0, 0.05) is 24.7 Å². The van der Waals surface area contributed by atoms with E-state index in [-0.39, 0.29) is 30.1 Å². The van der Waals surface area contributed by atoms with Gasteiger partial charge >= 0.3 is 0 Å². The van der Waals surface area contributed by atoms with Gasteiger partial charge in [0.15, 0.2) is 5.96 Å². The third-order valence-corrected chi connectivity index (χ3v) is 4.19. The number of hydrogen-bond donors (Lipinski definition) is 3. The SMILES string of the molecule is CCNC(=NCCc1c(C)noc1C)NC1CCC(O)CC1.I. The number of aliphatic hydroxyl groups is 1. The van der Waals surface area contributed by atoms with Crippen LogP contribution in [0.25, 0.3) is 0 Å². The van der Waals surface area contributed by atoms with E-state index in [1.54, 1.807) is 0 Å². The molecular formula is C16H29IN4O2. The molecule has 23 heavy (non-hydrogen) atoms. The molecule has 0 unspecified atom stereocenters. The minimum Gasteiger partial charge on any atom is -0.393 e. The molecule has 1 fully saturated rings. The van der Waals surface area contributed by atoms with E-state index in [2.05, 4.69) is 27.7 Å². The van der Waals surface area contributed by atoms with Crippen LogP contribution in [0.2, 0.25) is 0 Å². The lowest BCUT2D eigenvalue weighted by Gasteiger charge is -2.27. The van der Waals surface area contributed by atoms with Crippen molar-refractivity contribution in [3.63, 3.8) is 0 Å². The third kappa shape index (κ3) is 6.29. The van der Waals surface area contributed by atoms with Crippen LogP contribution in [0.5, 0.6) is 0 Å². The van der Waals surface area contributed by atoms with Crippen molar-refractivity contribution in [3.8, 4) is 0 Å². The largest absolute Gasteiger partial charge is 0.393 e. The molecule has 1 aliphatic carbocycles. The molecule has 1 aromatic heterocycles. The van der Waals surface area contributed by atoms with Crippen LogP contribution in [0, 0.1) is 13.8 Å². The molecule has 1 aliphatic rings. The maximum atomic E-state index is 9.58. The average Bonchev–Trinajstić information content (AvgIpc) is 2.81. The molecule has 1 aromatic rings. The fourth-order valence-electron chi connectivity index (χ4n) is 2.87. The van der Waals surface area contributed by atoms with E-state index >= 15 is 0 Å². The zero-order valence-electron chi connectivity index (χ0n) is 14.3. The lowest BCUT2D eigenvalue weighted by atomic mass is 9.93. The van der Waals surface area contributed by atoms with Gasteiger partial charge in [0.25, 0.3) is 0 Å². The first-order valence-corrected chi connectivity index (χ1v) is 8.24. The van der Waals surface area contributed by atoms with Crippen LogP contribution < -0.4 is 10.6 Å². The number of rotatable bonds is 5. The molecule has 0 aromatic carbocycles. The number of nitrogens with zero attached hydrogens (tertiary/aromatic N) is 2. The molecule has 6 nitrogen and oxygen atoms in total. The van der Waals surface area contributed by atoms with Crippen molar-refractivity contribution < 1.29 is 9.63 Å². The summed E-state index contributed by atoms with van der Waals surface area (Å²) < 4.78 is 5.18. The van der Waals surface area contributed by atoms with E-state index in [9.17, 15) is 5.11 Å². The van der Waals surface area contributed by atoms with E-state index in [1.807, 2.05) is 13.8 Å². The van der Waals surface area contributed by atoms with E-state index in [4.69, 9.17) is 4.52 Å². The normalized spacial score (nSPS) is 21.7. The number of guanidine groups is 1. The van der Waals surface area contributed by atoms with Gasteiger partial charge in [-0.25, -0.2) is 0 Å². The van der Waals surface area contributed by atoms with Crippen molar-refractivity contribution in [3.05, 3.63) is 17.0 Å². The Morgan fingerprint density at radius 2 is 2.00 bits per heavy atom. The van der Waals surface area contributed by atoms with Crippen LogP contribution in [0.1, 0.15) is 49.6 Å². The molecule has 2 rings (SSSR count). The summed E-state index contributed by atoms with van der Waals surface area (Å²) >= 11 is 0. The highest BCUT2D eigenvalue weighted by Gasteiger charge is 2.20. The standard InChI is InChI=1S/C16H28N4O2.HI/c1-4-17-16(19-13-5-7-14(21)8-6-13)18-10-9-15-11(2)20-22-12(15)3;/h13-14,21H,4-10H2,1-3H3,(H2,17,18,19);1H. The zero-order chi connectivity index (χ0) is 15.9. The van der Waals surface area contributed by atoms with Gasteiger partial charge in [-0.1, -0.05) is 5.16 Å². The minimum absolute atomic E-state index is 0. The summed E-state index contributed by atoms with van der Waals surface area (Å²) in [6, 6.07) is 0.403. The Morgan fingerprint density at radius 1 is 1.30 bits per heavy atom. The number of aryl methyl sites for hydroxylation is 2. The number of aliphatic imine (C=N–C) groups is 1. The number of hydrogen-bond acceptors (Lipinski definition) is 4. The first-order chi connectivity index (χ1) is 10.6. The molecule has 1 saturated carbocycles. The maximum Gasteiger partial charge on any atom is 0.191 e. The topological polar surface area (TPSA) is 82.7 Å². The van der Waals surface area contributed by atoms with Gasteiger partial charge in [-0.15, -0.1) is 24.0 Å². The van der Waals surface area contributed by atoms with Crippen LogP contribution in [-0.4, -0.2) is 41.5 Å². The van der Waals surface area contributed by atoms with Crippen LogP contribution >= 0.6 is 24.0 Å². The maximum absolute atomic E-state index is 9.58. The molecule has 0 amide bonds. The second-order valence-corrected chi connectivity index (χ2v) is 5.96. The molecule has 0 saturated heterocycles. The van der Waals surface area contributed by atoms with E-state index < -0.39 is 0 Å². The zero-order valence-corrected chi connectivity index (χ0v) is 16.6. The van der Waals surface area contributed by atoms with Crippen LogP contribution in [0.4, 0.5) is 0 Å². The summed E-state index contributed by atoms with van der Waals surface area (Å²) in [4.78, 5) is 4.65. The van der Waals surface area contributed by atoms with Crippen LogP contribution in [0.3, 0.4) is 0 Å². The molecule has 132 valence electrons. The van der Waals surface area contributed by atoms with Crippen LogP contribution in [-0.2, 0) is 6.42 Å². The Kier molecular flexibility index (Phi) is 8.90. The molecule has 0 bridgehead atoms. The number of nitrogens with one attached hydrogen (secondary N) is 2. The first-order valence-electron chi connectivity index (χ1n) is 8.24. The monoisotopic (exact) mass is 436 g/mol. The fourth-order valence-corrected chi connectivity index (χ4v) is 2.87. The van der Waals surface area contributed by atoms with Gasteiger partial charge in [-0.3, -0.25) is 4.99 Å². The highest BCUT2D eigenvalue weighted by atomic mass is 127. The van der Waals surface area contributed by atoms with Gasteiger partial charge in [-0.2, -0.15) is 0 Å². The Hall–Kier alpha value is -0.830. The molecule has 3 N–H and O–H groups in total. The highest BCUT2D eigenvalue weighted by Crippen LogP contribution is 2.18. The second-order valence-electron chi connectivity index (χ2n) is 5.96. The fraction of sp³-hybridized carbons (Fsp3) is 0.750. The van der Waals surface area contributed by atoms with Gasteiger partial charge in [0.1, 0.15) is 5.76 Å². The van der Waals surface area contributed by atoms with Crippen molar-refractivity contribution in [2.24, 2.45) is 4.99 Å². The van der Waals surface area contributed by atoms with Crippen LogP contribution in [0.15, 0.2) is 9.52 Å². The summed E-state index contributed by atoms with van der Waals surface area (Å²) in [5.74, 6) is 1.74. The molecule has 0 radical (unpaired) electrons. The summed E-state index contributed by atoms with van der Waals surface area (Å²) in [6.45, 7) is 7.51. The van der Waals surface area contributed by atoms with Crippen molar-refractivity contribution in [2.45, 2.75) is 65.0 Å². The number of aliphatic hydroxyl groups excluding tert-OH is 1. The number of aromatic nitrogens is 1. The Balaban J connectivity index is 0.00000264. The molecule has 7 heteroatoms. The summed E-state index contributed by atoms with van der Waals surface area (Å²) in [7, 11) is 0. The van der Waals surface area contributed by atoms with Gasteiger partial charge in [0.2, 0.25) is 0 Å². The quantitative estimate of drug-likeness (QED) is 0.375. The first kappa shape index (κ1) is 20.2. The third-order valence-electron chi connectivity index (χ3n) is 4.19. The predicted octanol–water partition coefficient (Wildman–Crippen LogP) is 2.31. The minimum atomic E-state index is -0.128. The van der Waals surface area contributed by atoms with E-state index in [0.29, 0.717) is 12.6 Å². The smallest absolute Gasteiger partial charge is 0.191 e. The molecule has 0 atom stereocenters. The molecule has 1 heterocycles. The van der Waals surface area contributed by atoms with Gasteiger partial charge in [-0.05, 0) is 52.9 Å². The Bertz CT molecular complexity index is 477. The highest BCUT2D eigenvalue weighted by molar-refractivity contribution is 14.0. The van der Waals surface area contributed by atoms with E-state index in [1.165, 1.54) is 0 Å².